The summed E-state index contributed by atoms with van der Waals surface area (Å²) in [4.78, 5) is 0. The minimum atomic E-state index is 0.111. The van der Waals surface area contributed by atoms with Gasteiger partial charge in [-0.2, -0.15) is 0 Å². The second-order valence-electron chi connectivity index (χ2n) is 3.80. The van der Waals surface area contributed by atoms with Crippen LogP contribution in [0.5, 0.6) is 0 Å². The van der Waals surface area contributed by atoms with Gasteiger partial charge in [0.1, 0.15) is 0 Å². The number of aliphatic hydroxyl groups excluding tert-OH is 1. The van der Waals surface area contributed by atoms with E-state index in [4.69, 9.17) is 5.11 Å². The zero-order chi connectivity index (χ0) is 10.7. The molecule has 1 N–H and O–H groups in total. The normalized spacial score (nSPS) is 11.4. The molecule has 0 spiro atoms. The second kappa shape index (κ2) is 4.94. The van der Waals surface area contributed by atoms with Crippen LogP contribution < -0.4 is 0 Å². The van der Waals surface area contributed by atoms with Gasteiger partial charge < -0.3 is 5.11 Å². The van der Waals surface area contributed by atoms with Gasteiger partial charge in [-0.15, -0.1) is 0 Å². The number of rotatable bonds is 3. The summed E-state index contributed by atoms with van der Waals surface area (Å²) in [6.07, 6.45) is 0. The van der Waals surface area contributed by atoms with Gasteiger partial charge >= 0.3 is 0 Å². The summed E-state index contributed by atoms with van der Waals surface area (Å²) in [7, 11) is 0. The standard InChI is InChI=1S/C12H16BrO/c1-8(2)10-5-4-6-11(12(10)13)9(3)7-14/h4-6,8,14H,7H2,1-3H3. The Labute approximate surface area is 94.3 Å². The lowest BCUT2D eigenvalue weighted by Crippen LogP contribution is -2.03. The van der Waals surface area contributed by atoms with E-state index in [1.807, 2.05) is 19.1 Å². The summed E-state index contributed by atoms with van der Waals surface area (Å²) >= 11 is 3.59. The van der Waals surface area contributed by atoms with Crippen molar-refractivity contribution < 1.29 is 5.11 Å². The fourth-order valence-electron chi connectivity index (χ4n) is 1.41. The molecule has 0 aromatic heterocycles. The first kappa shape index (κ1) is 11.7. The van der Waals surface area contributed by atoms with Gasteiger partial charge in [0, 0.05) is 10.4 Å². The largest absolute Gasteiger partial charge is 0.395 e. The van der Waals surface area contributed by atoms with Gasteiger partial charge in [0.25, 0.3) is 0 Å². The van der Waals surface area contributed by atoms with Gasteiger partial charge in [-0.25, -0.2) is 0 Å². The summed E-state index contributed by atoms with van der Waals surface area (Å²) in [5, 5.41) is 9.08. The van der Waals surface area contributed by atoms with E-state index < -0.39 is 0 Å². The van der Waals surface area contributed by atoms with Gasteiger partial charge in [0.2, 0.25) is 0 Å². The van der Waals surface area contributed by atoms with E-state index in [-0.39, 0.29) is 6.61 Å². The highest BCUT2D eigenvalue weighted by molar-refractivity contribution is 9.10. The zero-order valence-electron chi connectivity index (χ0n) is 8.84. The molecular weight excluding hydrogens is 240 g/mol. The molecule has 2 heteroatoms. The summed E-state index contributed by atoms with van der Waals surface area (Å²) in [5.41, 5.74) is 2.40. The molecule has 77 valence electrons. The summed E-state index contributed by atoms with van der Waals surface area (Å²) < 4.78 is 1.11. The highest BCUT2D eigenvalue weighted by Gasteiger charge is 2.13. The van der Waals surface area contributed by atoms with E-state index in [2.05, 4.69) is 35.8 Å². The van der Waals surface area contributed by atoms with Crippen molar-refractivity contribution in [1.82, 2.24) is 0 Å². The lowest BCUT2D eigenvalue weighted by Gasteiger charge is -2.15. The molecule has 0 amide bonds. The molecule has 1 aromatic rings. The van der Waals surface area contributed by atoms with Crippen molar-refractivity contribution in [2.24, 2.45) is 0 Å². The fourth-order valence-corrected chi connectivity index (χ4v) is 2.47. The SMILES string of the molecule is C[C](CO)c1cccc(C(C)C)c1Br. The summed E-state index contributed by atoms with van der Waals surface area (Å²) in [6, 6.07) is 6.18. The molecule has 0 bridgehead atoms. The molecule has 0 fully saturated rings. The van der Waals surface area contributed by atoms with Crippen LogP contribution in [0.3, 0.4) is 0 Å². The molecule has 0 heterocycles. The number of hydrogen-bond donors (Lipinski definition) is 1. The monoisotopic (exact) mass is 255 g/mol. The molecule has 0 aliphatic rings. The van der Waals surface area contributed by atoms with Crippen LogP contribution in [0.1, 0.15) is 37.8 Å². The third-order valence-electron chi connectivity index (χ3n) is 2.35. The molecule has 1 nitrogen and oxygen atoms in total. The Morgan fingerprint density at radius 1 is 1.43 bits per heavy atom. The van der Waals surface area contributed by atoms with Crippen molar-refractivity contribution in [1.29, 1.82) is 0 Å². The molecule has 1 aromatic carbocycles. The van der Waals surface area contributed by atoms with Crippen LogP contribution in [0, 0.1) is 5.92 Å². The highest BCUT2D eigenvalue weighted by atomic mass is 79.9. The van der Waals surface area contributed by atoms with Gasteiger partial charge in [-0.05, 0) is 17.0 Å². The lowest BCUT2D eigenvalue weighted by atomic mass is 9.95. The first-order valence-electron chi connectivity index (χ1n) is 4.80. The maximum absolute atomic E-state index is 9.08. The topological polar surface area (TPSA) is 20.2 Å². The van der Waals surface area contributed by atoms with Crippen molar-refractivity contribution in [3.05, 3.63) is 39.7 Å². The van der Waals surface area contributed by atoms with Crippen LogP contribution in [0.4, 0.5) is 0 Å². The van der Waals surface area contributed by atoms with E-state index in [0.717, 1.165) is 16.0 Å². The Bertz CT molecular complexity index is 307. The van der Waals surface area contributed by atoms with Crippen LogP contribution in [-0.4, -0.2) is 11.7 Å². The minimum absolute atomic E-state index is 0.111. The van der Waals surface area contributed by atoms with Crippen molar-refractivity contribution >= 4 is 15.9 Å². The molecule has 1 rings (SSSR count). The highest BCUT2D eigenvalue weighted by Crippen LogP contribution is 2.31. The molecule has 0 saturated heterocycles. The van der Waals surface area contributed by atoms with E-state index in [9.17, 15) is 0 Å². The van der Waals surface area contributed by atoms with Crippen LogP contribution >= 0.6 is 15.9 Å². The Hall–Kier alpha value is -0.340. The predicted octanol–water partition coefficient (Wildman–Crippen LogP) is 3.51. The second-order valence-corrected chi connectivity index (χ2v) is 4.59. The molecular formula is C12H16BrO. The van der Waals surface area contributed by atoms with Crippen LogP contribution in [0.2, 0.25) is 0 Å². The quantitative estimate of drug-likeness (QED) is 0.877. The average molecular weight is 256 g/mol. The minimum Gasteiger partial charge on any atom is -0.395 e. The van der Waals surface area contributed by atoms with E-state index in [1.165, 1.54) is 5.56 Å². The van der Waals surface area contributed by atoms with Crippen molar-refractivity contribution in [2.75, 3.05) is 6.61 Å². The number of benzene rings is 1. The van der Waals surface area contributed by atoms with E-state index >= 15 is 0 Å². The smallest absolute Gasteiger partial charge is 0.0535 e. The molecule has 0 atom stereocenters. The third kappa shape index (κ3) is 2.37. The van der Waals surface area contributed by atoms with Gasteiger partial charge in [-0.1, -0.05) is 54.9 Å². The van der Waals surface area contributed by atoms with Crippen molar-refractivity contribution in [3.63, 3.8) is 0 Å². The fraction of sp³-hybridized carbons (Fsp3) is 0.417. The summed E-state index contributed by atoms with van der Waals surface area (Å²) in [5.74, 6) is 1.50. The Morgan fingerprint density at radius 3 is 2.57 bits per heavy atom. The maximum Gasteiger partial charge on any atom is 0.0535 e. The Morgan fingerprint density at radius 2 is 2.07 bits per heavy atom. The first-order valence-corrected chi connectivity index (χ1v) is 5.59. The summed E-state index contributed by atoms with van der Waals surface area (Å²) in [6.45, 7) is 6.39. The van der Waals surface area contributed by atoms with Crippen LogP contribution in [-0.2, 0) is 0 Å². The molecule has 0 unspecified atom stereocenters. The third-order valence-corrected chi connectivity index (χ3v) is 3.23. The van der Waals surface area contributed by atoms with Gasteiger partial charge in [0.15, 0.2) is 0 Å². The Kier molecular flexibility index (Phi) is 4.14. The molecule has 1 radical (unpaired) electrons. The van der Waals surface area contributed by atoms with Crippen LogP contribution in [0.15, 0.2) is 22.7 Å². The average Bonchev–Trinajstić information content (AvgIpc) is 2.16. The maximum atomic E-state index is 9.08. The Balaban J connectivity index is 3.13. The number of aliphatic hydroxyl groups is 1. The molecule has 0 aliphatic carbocycles. The van der Waals surface area contributed by atoms with Crippen molar-refractivity contribution in [3.8, 4) is 0 Å². The lowest BCUT2D eigenvalue weighted by molar-refractivity contribution is 0.314. The number of hydrogen-bond acceptors (Lipinski definition) is 1. The van der Waals surface area contributed by atoms with E-state index in [1.54, 1.807) is 0 Å². The molecule has 14 heavy (non-hydrogen) atoms. The van der Waals surface area contributed by atoms with E-state index in [0.29, 0.717) is 5.92 Å². The number of halogens is 1. The zero-order valence-corrected chi connectivity index (χ0v) is 10.4. The molecule has 0 saturated carbocycles. The first-order chi connectivity index (χ1) is 6.57. The predicted molar refractivity (Wildman–Crippen MR) is 63.3 cm³/mol. The van der Waals surface area contributed by atoms with Gasteiger partial charge in [0.05, 0.1) is 6.61 Å². The van der Waals surface area contributed by atoms with Gasteiger partial charge in [-0.3, -0.25) is 0 Å². The molecule has 0 aliphatic heterocycles. The van der Waals surface area contributed by atoms with Crippen molar-refractivity contribution in [2.45, 2.75) is 26.7 Å². The van der Waals surface area contributed by atoms with Crippen LogP contribution in [0.25, 0.3) is 0 Å².